The van der Waals surface area contributed by atoms with Gasteiger partial charge in [0.05, 0.1) is 16.8 Å². The lowest BCUT2D eigenvalue weighted by atomic mass is 10.2. The Labute approximate surface area is 115 Å². The van der Waals surface area contributed by atoms with Gasteiger partial charge in [-0.15, -0.1) is 0 Å². The summed E-state index contributed by atoms with van der Waals surface area (Å²) < 4.78 is 24.6. The van der Waals surface area contributed by atoms with E-state index in [1.54, 1.807) is 32.0 Å². The van der Waals surface area contributed by atoms with E-state index in [1.807, 2.05) is 0 Å². The van der Waals surface area contributed by atoms with Crippen LogP contribution in [-0.2, 0) is 14.8 Å². The van der Waals surface area contributed by atoms with Crippen LogP contribution in [0, 0.1) is 6.92 Å². The van der Waals surface area contributed by atoms with Crippen LogP contribution in [0.25, 0.3) is 0 Å². The number of anilines is 2. The molecular formula is C11H15BrN2O3S. The van der Waals surface area contributed by atoms with Crippen LogP contribution in [0.5, 0.6) is 0 Å². The van der Waals surface area contributed by atoms with Gasteiger partial charge >= 0.3 is 0 Å². The van der Waals surface area contributed by atoms with Gasteiger partial charge in [0.1, 0.15) is 0 Å². The van der Waals surface area contributed by atoms with Crippen molar-refractivity contribution in [2.45, 2.75) is 18.7 Å². The van der Waals surface area contributed by atoms with E-state index in [9.17, 15) is 13.2 Å². The molecule has 0 aliphatic rings. The van der Waals surface area contributed by atoms with Gasteiger partial charge in [-0.2, -0.15) is 0 Å². The van der Waals surface area contributed by atoms with E-state index < -0.39 is 10.0 Å². The molecule has 2 N–H and O–H groups in total. The topological polar surface area (TPSA) is 75.3 Å². The van der Waals surface area contributed by atoms with E-state index in [0.29, 0.717) is 11.4 Å². The first-order valence-electron chi connectivity index (χ1n) is 5.22. The first-order valence-corrected chi connectivity index (χ1v) is 8.03. The second kappa shape index (κ2) is 5.71. The second-order valence-corrected chi connectivity index (χ2v) is 7.13. The molecule has 1 unspecified atom stereocenters. The van der Waals surface area contributed by atoms with E-state index in [1.165, 1.54) is 0 Å². The molecule has 0 aromatic heterocycles. The summed E-state index contributed by atoms with van der Waals surface area (Å²) in [6.45, 7) is 3.49. The molecule has 5 nitrogen and oxygen atoms in total. The van der Waals surface area contributed by atoms with Crippen LogP contribution < -0.4 is 10.0 Å². The van der Waals surface area contributed by atoms with Gasteiger partial charge in [0.15, 0.2) is 0 Å². The summed E-state index contributed by atoms with van der Waals surface area (Å²) in [5.41, 5.74) is 1.87. The fraction of sp³-hybridized carbons (Fsp3) is 0.364. The van der Waals surface area contributed by atoms with Crippen LogP contribution in [-0.4, -0.2) is 25.4 Å². The largest absolute Gasteiger partial charge is 0.325 e. The van der Waals surface area contributed by atoms with Crippen molar-refractivity contribution < 1.29 is 13.2 Å². The van der Waals surface area contributed by atoms with Crippen molar-refractivity contribution in [2.75, 3.05) is 16.3 Å². The zero-order valence-electron chi connectivity index (χ0n) is 10.3. The molecule has 0 fully saturated rings. The predicted molar refractivity (Wildman–Crippen MR) is 76.7 cm³/mol. The van der Waals surface area contributed by atoms with Crippen LogP contribution in [0.4, 0.5) is 11.4 Å². The lowest BCUT2D eigenvalue weighted by molar-refractivity contribution is -0.115. The van der Waals surface area contributed by atoms with Crippen molar-refractivity contribution in [3.05, 3.63) is 23.8 Å². The van der Waals surface area contributed by atoms with Crippen LogP contribution in [0.15, 0.2) is 18.2 Å². The Bertz CT molecular complexity index is 555. The third kappa shape index (κ3) is 4.66. The average molecular weight is 335 g/mol. The molecule has 0 aliphatic carbocycles. The normalized spacial score (nSPS) is 12.9. The molecule has 1 aromatic rings. The number of hydrogen-bond donors (Lipinski definition) is 2. The Morgan fingerprint density at radius 3 is 2.44 bits per heavy atom. The van der Waals surface area contributed by atoms with E-state index >= 15 is 0 Å². The number of hydrogen-bond acceptors (Lipinski definition) is 3. The smallest absolute Gasteiger partial charge is 0.237 e. The van der Waals surface area contributed by atoms with Gasteiger partial charge in [-0.1, -0.05) is 15.9 Å². The zero-order chi connectivity index (χ0) is 13.9. The summed E-state index contributed by atoms with van der Waals surface area (Å²) in [7, 11) is -3.29. The molecule has 7 heteroatoms. The summed E-state index contributed by atoms with van der Waals surface area (Å²) >= 11 is 3.17. The van der Waals surface area contributed by atoms with Crippen LogP contribution in [0.3, 0.4) is 0 Å². The minimum absolute atomic E-state index is 0.154. The third-order valence-corrected chi connectivity index (χ3v) is 3.16. The average Bonchev–Trinajstić information content (AvgIpc) is 2.20. The first kappa shape index (κ1) is 15.0. The molecule has 0 saturated carbocycles. The molecule has 0 radical (unpaired) electrons. The Morgan fingerprint density at radius 1 is 1.39 bits per heavy atom. The number of nitrogens with one attached hydrogen (secondary N) is 2. The molecule has 1 aromatic carbocycles. The van der Waals surface area contributed by atoms with Gasteiger partial charge in [0.2, 0.25) is 15.9 Å². The van der Waals surface area contributed by atoms with Crippen molar-refractivity contribution in [3.63, 3.8) is 0 Å². The Morgan fingerprint density at radius 2 is 2.00 bits per heavy atom. The fourth-order valence-electron chi connectivity index (χ4n) is 1.30. The molecule has 0 heterocycles. The molecule has 0 saturated heterocycles. The Hall–Kier alpha value is -1.08. The second-order valence-electron chi connectivity index (χ2n) is 4.01. The highest BCUT2D eigenvalue weighted by molar-refractivity contribution is 9.10. The molecule has 18 heavy (non-hydrogen) atoms. The van der Waals surface area contributed by atoms with E-state index in [-0.39, 0.29) is 10.7 Å². The highest BCUT2D eigenvalue weighted by Gasteiger charge is 2.10. The van der Waals surface area contributed by atoms with Gasteiger partial charge < -0.3 is 5.32 Å². The molecule has 0 bridgehead atoms. The number of benzene rings is 1. The predicted octanol–water partition coefficient (Wildman–Crippen LogP) is 2.09. The maximum absolute atomic E-state index is 11.5. The van der Waals surface area contributed by atoms with Crippen molar-refractivity contribution >= 4 is 43.2 Å². The number of rotatable bonds is 4. The van der Waals surface area contributed by atoms with Crippen molar-refractivity contribution in [2.24, 2.45) is 0 Å². The molecule has 1 rings (SSSR count). The van der Waals surface area contributed by atoms with Crippen molar-refractivity contribution in [1.29, 1.82) is 0 Å². The quantitative estimate of drug-likeness (QED) is 0.828. The fourth-order valence-corrected chi connectivity index (χ4v) is 2.04. The standard InChI is InChI=1S/C11H15BrN2O3S/c1-7-6-9(13-11(15)8(2)12)4-5-10(7)14-18(3,16)17/h4-6,8,14H,1-3H3,(H,13,15). The summed E-state index contributed by atoms with van der Waals surface area (Å²) in [6, 6.07) is 4.97. The van der Waals surface area contributed by atoms with Gasteiger partial charge in [-0.05, 0) is 37.6 Å². The lowest BCUT2D eigenvalue weighted by Gasteiger charge is -2.11. The highest BCUT2D eigenvalue weighted by atomic mass is 79.9. The van der Waals surface area contributed by atoms with Crippen LogP contribution in [0.2, 0.25) is 0 Å². The van der Waals surface area contributed by atoms with E-state index in [0.717, 1.165) is 11.8 Å². The monoisotopic (exact) mass is 334 g/mol. The third-order valence-electron chi connectivity index (χ3n) is 2.15. The summed E-state index contributed by atoms with van der Waals surface area (Å²) in [4.78, 5) is 11.2. The number of aryl methyl sites for hydroxylation is 1. The number of carbonyl (C=O) groups excluding carboxylic acids is 1. The number of alkyl halides is 1. The molecule has 1 amide bonds. The number of carbonyl (C=O) groups is 1. The number of halogens is 1. The number of amides is 1. The summed E-state index contributed by atoms with van der Waals surface area (Å²) in [5, 5.41) is 2.71. The van der Waals surface area contributed by atoms with Gasteiger partial charge in [-0.25, -0.2) is 8.42 Å². The van der Waals surface area contributed by atoms with Gasteiger partial charge in [-0.3, -0.25) is 9.52 Å². The molecular weight excluding hydrogens is 320 g/mol. The zero-order valence-corrected chi connectivity index (χ0v) is 12.7. The molecule has 0 spiro atoms. The Kier molecular flexibility index (Phi) is 4.75. The Balaban J connectivity index is 2.89. The minimum atomic E-state index is -3.29. The molecule has 1 atom stereocenters. The lowest BCUT2D eigenvalue weighted by Crippen LogP contribution is -2.20. The van der Waals surface area contributed by atoms with Crippen LogP contribution >= 0.6 is 15.9 Å². The molecule has 0 aliphatic heterocycles. The van der Waals surface area contributed by atoms with Crippen molar-refractivity contribution in [1.82, 2.24) is 0 Å². The maximum atomic E-state index is 11.5. The SMILES string of the molecule is Cc1cc(NC(=O)C(C)Br)ccc1NS(C)(=O)=O. The maximum Gasteiger partial charge on any atom is 0.237 e. The first-order chi connectivity index (χ1) is 8.19. The molecule has 100 valence electrons. The summed E-state index contributed by atoms with van der Waals surface area (Å²) in [6.07, 6.45) is 1.09. The highest BCUT2D eigenvalue weighted by Crippen LogP contribution is 2.21. The van der Waals surface area contributed by atoms with Crippen LogP contribution in [0.1, 0.15) is 12.5 Å². The van der Waals surface area contributed by atoms with E-state index in [2.05, 4.69) is 26.0 Å². The van der Waals surface area contributed by atoms with Gasteiger partial charge in [0.25, 0.3) is 0 Å². The van der Waals surface area contributed by atoms with Gasteiger partial charge in [0, 0.05) is 5.69 Å². The van der Waals surface area contributed by atoms with E-state index in [4.69, 9.17) is 0 Å². The minimum Gasteiger partial charge on any atom is -0.325 e. The van der Waals surface area contributed by atoms with Crippen molar-refractivity contribution in [3.8, 4) is 0 Å². The number of sulfonamides is 1. The summed E-state index contributed by atoms with van der Waals surface area (Å²) in [5.74, 6) is -0.154.